The zero-order valence-corrected chi connectivity index (χ0v) is 25.4. The number of carbonyl (C=O) groups excluding carboxylic acids is 3. The zero-order chi connectivity index (χ0) is 32.2. The number of imide groups is 1. The predicted molar refractivity (Wildman–Crippen MR) is 165 cm³/mol. The molecule has 0 saturated carbocycles. The fourth-order valence-corrected chi connectivity index (χ4v) is 8.33. The Kier molecular flexibility index (Phi) is 7.73. The van der Waals surface area contributed by atoms with Crippen molar-refractivity contribution < 1.29 is 32.7 Å². The molecule has 2 aliphatic heterocycles. The summed E-state index contributed by atoms with van der Waals surface area (Å²) >= 11 is 1.84. The van der Waals surface area contributed by atoms with E-state index in [9.17, 15) is 37.5 Å². The van der Waals surface area contributed by atoms with E-state index in [0.717, 1.165) is 51.9 Å². The molecule has 3 amide bonds. The van der Waals surface area contributed by atoms with E-state index in [1.165, 1.54) is 34.9 Å². The third-order valence-electron chi connectivity index (χ3n) is 7.70. The van der Waals surface area contributed by atoms with Crippen LogP contribution in [0.5, 0.6) is 5.75 Å². The minimum absolute atomic E-state index is 0.0155. The number of halogens is 3. The Balaban J connectivity index is 1.41. The molecule has 45 heavy (non-hydrogen) atoms. The Labute approximate surface area is 262 Å². The van der Waals surface area contributed by atoms with Crippen LogP contribution in [-0.4, -0.2) is 46.7 Å². The Bertz CT molecular complexity index is 1870. The molecule has 6 rings (SSSR count). The molecule has 3 unspecified atom stereocenters. The molecule has 3 heterocycles. The number of carbonyl (C=O) groups is 3. The number of benzene rings is 3. The van der Waals surface area contributed by atoms with Crippen LogP contribution in [0.2, 0.25) is 0 Å². The number of aromatic hydroxyl groups is 1. The molecule has 2 N–H and O–H groups in total. The summed E-state index contributed by atoms with van der Waals surface area (Å²) in [5, 5.41) is 11.5. The highest BCUT2D eigenvalue weighted by atomic mass is 32.2. The smallest absolute Gasteiger partial charge is 0.416 e. The van der Waals surface area contributed by atoms with Crippen LogP contribution in [0.25, 0.3) is 0 Å². The molecule has 14 heteroatoms. The van der Waals surface area contributed by atoms with E-state index < -0.39 is 51.4 Å². The fourth-order valence-electron chi connectivity index (χ4n) is 5.56. The lowest BCUT2D eigenvalue weighted by molar-refractivity contribution is -0.137. The van der Waals surface area contributed by atoms with E-state index in [-0.39, 0.29) is 18.0 Å². The zero-order valence-electron chi connectivity index (χ0n) is 23.7. The molecule has 9 nitrogen and oxygen atoms in total. The number of hydrogen-bond acceptors (Lipinski definition) is 8. The van der Waals surface area contributed by atoms with Gasteiger partial charge in [-0.05, 0) is 60.2 Å². The van der Waals surface area contributed by atoms with Gasteiger partial charge in [-0.15, -0.1) is 0 Å². The van der Waals surface area contributed by atoms with Crippen molar-refractivity contribution in [2.45, 2.75) is 28.9 Å². The quantitative estimate of drug-likeness (QED) is 0.219. The molecule has 1 aromatic heterocycles. The van der Waals surface area contributed by atoms with Gasteiger partial charge in [0, 0.05) is 36.3 Å². The topological polar surface area (TPSA) is 112 Å². The van der Waals surface area contributed by atoms with E-state index >= 15 is 0 Å². The number of nitrogens with zero attached hydrogens (tertiary/aromatic N) is 3. The molecule has 0 bridgehead atoms. The largest absolute Gasteiger partial charge is 0.508 e. The van der Waals surface area contributed by atoms with Crippen LogP contribution in [0.1, 0.15) is 21.9 Å². The number of aromatic nitrogens is 1. The van der Waals surface area contributed by atoms with Gasteiger partial charge in [0.15, 0.2) is 0 Å². The summed E-state index contributed by atoms with van der Waals surface area (Å²) in [5.74, 6) is -3.66. The lowest BCUT2D eigenvalue weighted by atomic mass is 9.83. The van der Waals surface area contributed by atoms with Crippen LogP contribution in [0.4, 0.5) is 30.2 Å². The molecule has 0 aliphatic carbocycles. The fraction of sp³-hybridized carbons (Fsp3) is 0.226. The predicted octanol–water partition coefficient (Wildman–Crippen LogP) is 5.13. The number of thioether (sulfide) groups is 1. The molecule has 4 aromatic rings. The first-order chi connectivity index (χ1) is 21.3. The number of rotatable bonds is 6. The first-order valence-corrected chi connectivity index (χ1v) is 15.3. The Morgan fingerprint density at radius 1 is 0.978 bits per heavy atom. The Morgan fingerprint density at radius 3 is 2.31 bits per heavy atom. The molecule has 3 atom stereocenters. The Morgan fingerprint density at radius 2 is 1.67 bits per heavy atom. The number of hydrogen-bond donors (Lipinski definition) is 2. The van der Waals surface area contributed by atoms with E-state index in [1.54, 1.807) is 12.1 Å². The second-order valence-electron chi connectivity index (χ2n) is 10.8. The molecule has 232 valence electrons. The van der Waals surface area contributed by atoms with Crippen molar-refractivity contribution in [1.82, 2.24) is 4.57 Å². The van der Waals surface area contributed by atoms with Crippen LogP contribution in [0, 0.1) is 5.92 Å². The average Bonchev–Trinajstić information content (AvgIpc) is 3.44. The normalized spacial score (nSPS) is 19.3. The van der Waals surface area contributed by atoms with Crippen molar-refractivity contribution in [2.75, 3.05) is 29.2 Å². The first-order valence-electron chi connectivity index (χ1n) is 13.6. The minimum Gasteiger partial charge on any atom is -0.508 e. The number of fused-ring (bicyclic) bond motifs is 2. The lowest BCUT2D eigenvalue weighted by Crippen LogP contribution is -2.33. The van der Waals surface area contributed by atoms with Gasteiger partial charge < -0.3 is 15.3 Å². The number of nitrogens with one attached hydrogen (secondary N) is 1. The highest BCUT2D eigenvalue weighted by Gasteiger charge is 2.57. The van der Waals surface area contributed by atoms with Crippen molar-refractivity contribution in [3.8, 4) is 5.75 Å². The van der Waals surface area contributed by atoms with Crippen molar-refractivity contribution in [3.05, 3.63) is 98.5 Å². The van der Waals surface area contributed by atoms with Crippen molar-refractivity contribution >= 4 is 57.9 Å². The second kappa shape index (κ2) is 11.4. The lowest BCUT2D eigenvalue weighted by Gasteiger charge is -2.31. The summed E-state index contributed by atoms with van der Waals surface area (Å²) < 4.78 is 41.8. The van der Waals surface area contributed by atoms with Gasteiger partial charge in [-0.1, -0.05) is 41.3 Å². The van der Waals surface area contributed by atoms with Crippen LogP contribution in [0.3, 0.4) is 0 Å². The summed E-state index contributed by atoms with van der Waals surface area (Å²) in [4.78, 5) is 56.9. The van der Waals surface area contributed by atoms with Gasteiger partial charge >= 0.3 is 11.0 Å². The number of phenolic OH excluding ortho intramolecular Hbond substituents is 1. The maximum atomic E-state index is 14.0. The van der Waals surface area contributed by atoms with E-state index in [4.69, 9.17) is 0 Å². The summed E-state index contributed by atoms with van der Waals surface area (Å²) in [5.41, 5.74) is 0.731. The number of thiazole rings is 1. The molecule has 1 fully saturated rings. The van der Waals surface area contributed by atoms with Crippen LogP contribution in [-0.2, 0) is 27.1 Å². The first kappa shape index (κ1) is 30.5. The average molecular weight is 655 g/mol. The molecule has 0 radical (unpaired) electrons. The maximum absolute atomic E-state index is 14.0. The second-order valence-corrected chi connectivity index (χ2v) is 12.9. The molecule has 3 aromatic carbocycles. The van der Waals surface area contributed by atoms with Gasteiger partial charge in [0.1, 0.15) is 17.5 Å². The summed E-state index contributed by atoms with van der Waals surface area (Å²) in [6, 6.07) is 17.1. The van der Waals surface area contributed by atoms with Crippen molar-refractivity contribution in [2.24, 2.45) is 5.92 Å². The third-order valence-corrected chi connectivity index (χ3v) is 10.3. The van der Waals surface area contributed by atoms with Gasteiger partial charge in [0.2, 0.25) is 17.7 Å². The number of amides is 3. The Hall–Kier alpha value is -4.56. The van der Waals surface area contributed by atoms with Gasteiger partial charge in [-0.2, -0.15) is 13.2 Å². The standard InChI is InChI=1S/C31H25F3N4O5S2/c1-36(2)19-10-6-16(7-11-19)23-24-25(28(42)38(27(24)41)20-5-3-4-17(14-20)31(32,33)34)44-29-26(23)45-30(43)37(29)15-22(40)35-18-8-12-21(39)13-9-18/h3-14,23-25,39H,15H2,1-2H3,(H,35,40). The van der Waals surface area contributed by atoms with Gasteiger partial charge in [0.25, 0.3) is 0 Å². The summed E-state index contributed by atoms with van der Waals surface area (Å²) in [6.45, 7) is -0.387. The maximum Gasteiger partial charge on any atom is 0.416 e. The molecular formula is C31H25F3N4O5S2. The molecule has 1 saturated heterocycles. The van der Waals surface area contributed by atoms with Gasteiger partial charge in [-0.3, -0.25) is 23.7 Å². The van der Waals surface area contributed by atoms with Gasteiger partial charge in [-0.25, -0.2) is 4.90 Å². The van der Waals surface area contributed by atoms with Crippen LogP contribution < -0.4 is 20.0 Å². The van der Waals surface area contributed by atoms with E-state index in [1.807, 2.05) is 31.1 Å². The summed E-state index contributed by atoms with van der Waals surface area (Å²) in [7, 11) is 3.73. The molecule has 2 aliphatic rings. The third kappa shape index (κ3) is 5.59. The SMILES string of the molecule is CN(C)c1ccc(C2c3sc(=O)n(CC(=O)Nc4ccc(O)cc4)c3SC3C(=O)N(c4cccc(C(F)(F)F)c4)C(=O)C32)cc1. The number of anilines is 3. The summed E-state index contributed by atoms with van der Waals surface area (Å²) in [6.07, 6.45) is -4.68. The molecular weight excluding hydrogens is 629 g/mol. The van der Waals surface area contributed by atoms with E-state index in [2.05, 4.69) is 5.32 Å². The highest BCUT2D eigenvalue weighted by Crippen LogP contribution is 2.54. The minimum atomic E-state index is -4.68. The monoisotopic (exact) mass is 654 g/mol. The van der Waals surface area contributed by atoms with Crippen molar-refractivity contribution in [3.63, 3.8) is 0 Å². The number of alkyl halides is 3. The van der Waals surface area contributed by atoms with Crippen LogP contribution in [0.15, 0.2) is 82.6 Å². The van der Waals surface area contributed by atoms with Crippen LogP contribution >= 0.6 is 23.1 Å². The van der Waals surface area contributed by atoms with Crippen molar-refractivity contribution in [1.29, 1.82) is 0 Å². The number of phenols is 1. The highest BCUT2D eigenvalue weighted by molar-refractivity contribution is 8.00. The molecule has 0 spiro atoms. The van der Waals surface area contributed by atoms with E-state index in [0.29, 0.717) is 21.2 Å². The van der Waals surface area contributed by atoms with Gasteiger partial charge in [0.05, 0.1) is 22.2 Å².